The molecule has 94 valence electrons. The van der Waals surface area contributed by atoms with Gasteiger partial charge in [0.2, 0.25) is 0 Å². The molecule has 0 saturated carbocycles. The topological polar surface area (TPSA) is 36.4 Å². The van der Waals surface area contributed by atoms with Gasteiger partial charge in [-0.15, -0.1) is 0 Å². The minimum absolute atomic E-state index is 0.106. The standard InChI is InChI=1S/C13H21N3O/c1-4-15(5-2)13(17)16(6-3)11-12-7-9-14-10-8-12/h7-10H,4-6,11H2,1-3H3. The van der Waals surface area contributed by atoms with Crippen molar-refractivity contribution in [1.29, 1.82) is 0 Å². The normalized spacial score (nSPS) is 10.1. The van der Waals surface area contributed by atoms with Crippen LogP contribution in [0, 0.1) is 0 Å². The lowest BCUT2D eigenvalue weighted by molar-refractivity contribution is 0.157. The maximum absolute atomic E-state index is 12.2. The van der Waals surface area contributed by atoms with Crippen molar-refractivity contribution in [3.05, 3.63) is 30.1 Å². The fourth-order valence-electron chi connectivity index (χ4n) is 1.72. The summed E-state index contributed by atoms with van der Waals surface area (Å²) in [6.45, 7) is 8.88. The summed E-state index contributed by atoms with van der Waals surface area (Å²) >= 11 is 0. The Balaban J connectivity index is 2.68. The molecule has 0 aliphatic carbocycles. The van der Waals surface area contributed by atoms with E-state index in [1.165, 1.54) is 0 Å². The van der Waals surface area contributed by atoms with Gasteiger partial charge in [0.1, 0.15) is 0 Å². The number of carbonyl (C=O) groups excluding carboxylic acids is 1. The van der Waals surface area contributed by atoms with Crippen molar-refractivity contribution in [3.8, 4) is 0 Å². The molecule has 1 aromatic heterocycles. The Kier molecular flexibility index (Phi) is 5.46. The predicted octanol–water partition coefficient (Wildman–Crippen LogP) is 2.37. The summed E-state index contributed by atoms with van der Waals surface area (Å²) in [5.74, 6) is 0. The Bertz CT molecular complexity index is 336. The Morgan fingerprint density at radius 3 is 2.06 bits per heavy atom. The van der Waals surface area contributed by atoms with Gasteiger partial charge >= 0.3 is 6.03 Å². The molecule has 0 spiro atoms. The van der Waals surface area contributed by atoms with Gasteiger partial charge < -0.3 is 9.80 Å². The Morgan fingerprint density at radius 2 is 1.59 bits per heavy atom. The second-order valence-electron chi connectivity index (χ2n) is 3.82. The zero-order valence-electron chi connectivity index (χ0n) is 10.9. The molecular formula is C13H21N3O. The number of hydrogen-bond donors (Lipinski definition) is 0. The molecule has 1 heterocycles. The van der Waals surface area contributed by atoms with Crippen LogP contribution in [0.3, 0.4) is 0 Å². The summed E-state index contributed by atoms with van der Waals surface area (Å²) in [7, 11) is 0. The van der Waals surface area contributed by atoms with E-state index in [4.69, 9.17) is 0 Å². The van der Waals surface area contributed by atoms with Crippen LogP contribution in [-0.2, 0) is 6.54 Å². The highest BCUT2D eigenvalue weighted by atomic mass is 16.2. The summed E-state index contributed by atoms with van der Waals surface area (Å²) in [5.41, 5.74) is 1.11. The third-order valence-electron chi connectivity index (χ3n) is 2.81. The third-order valence-corrected chi connectivity index (χ3v) is 2.81. The zero-order chi connectivity index (χ0) is 12.7. The van der Waals surface area contributed by atoms with Crippen LogP contribution in [0.5, 0.6) is 0 Å². The van der Waals surface area contributed by atoms with Crippen LogP contribution in [0.4, 0.5) is 4.79 Å². The molecule has 0 fully saturated rings. The number of amides is 2. The lowest BCUT2D eigenvalue weighted by Crippen LogP contribution is -2.42. The lowest BCUT2D eigenvalue weighted by atomic mass is 10.2. The van der Waals surface area contributed by atoms with Crippen molar-refractivity contribution in [2.24, 2.45) is 0 Å². The van der Waals surface area contributed by atoms with E-state index in [1.807, 2.05) is 42.7 Å². The minimum atomic E-state index is 0.106. The summed E-state index contributed by atoms with van der Waals surface area (Å²) in [6.07, 6.45) is 3.51. The summed E-state index contributed by atoms with van der Waals surface area (Å²) in [6, 6.07) is 3.99. The van der Waals surface area contributed by atoms with E-state index in [0.717, 1.165) is 25.2 Å². The highest BCUT2D eigenvalue weighted by Gasteiger charge is 2.16. The average Bonchev–Trinajstić information content (AvgIpc) is 2.38. The summed E-state index contributed by atoms with van der Waals surface area (Å²) in [4.78, 5) is 19.8. The first-order valence-electron chi connectivity index (χ1n) is 6.15. The quantitative estimate of drug-likeness (QED) is 0.785. The molecule has 4 nitrogen and oxygen atoms in total. The first-order chi connectivity index (χ1) is 8.22. The van der Waals surface area contributed by atoms with Gasteiger partial charge in [-0.2, -0.15) is 0 Å². The van der Waals surface area contributed by atoms with Gasteiger partial charge in [0.15, 0.2) is 0 Å². The highest BCUT2D eigenvalue weighted by Crippen LogP contribution is 2.06. The molecule has 0 aliphatic heterocycles. The molecule has 0 N–H and O–H groups in total. The molecular weight excluding hydrogens is 214 g/mol. The Hall–Kier alpha value is -1.58. The lowest BCUT2D eigenvalue weighted by Gasteiger charge is -2.28. The highest BCUT2D eigenvalue weighted by molar-refractivity contribution is 5.74. The van der Waals surface area contributed by atoms with Crippen molar-refractivity contribution < 1.29 is 4.79 Å². The first kappa shape index (κ1) is 13.5. The van der Waals surface area contributed by atoms with Crippen LogP contribution in [-0.4, -0.2) is 40.4 Å². The van der Waals surface area contributed by atoms with Crippen LogP contribution >= 0.6 is 0 Å². The van der Waals surface area contributed by atoms with E-state index in [0.29, 0.717) is 6.54 Å². The molecule has 1 rings (SSSR count). The molecule has 0 aliphatic rings. The van der Waals surface area contributed by atoms with Gasteiger partial charge in [0, 0.05) is 38.6 Å². The minimum Gasteiger partial charge on any atom is -0.325 e. The number of hydrogen-bond acceptors (Lipinski definition) is 2. The number of urea groups is 1. The molecule has 0 radical (unpaired) electrons. The third kappa shape index (κ3) is 3.73. The predicted molar refractivity (Wildman–Crippen MR) is 68.6 cm³/mol. The number of pyridine rings is 1. The molecule has 0 saturated heterocycles. The maximum atomic E-state index is 12.2. The molecule has 0 bridgehead atoms. The van der Waals surface area contributed by atoms with Crippen LogP contribution in [0.2, 0.25) is 0 Å². The SMILES string of the molecule is CCN(CC)C(=O)N(CC)Cc1ccncc1. The van der Waals surface area contributed by atoms with E-state index in [1.54, 1.807) is 12.4 Å². The van der Waals surface area contributed by atoms with Gasteiger partial charge in [0.25, 0.3) is 0 Å². The number of aromatic nitrogens is 1. The van der Waals surface area contributed by atoms with E-state index < -0.39 is 0 Å². The zero-order valence-corrected chi connectivity index (χ0v) is 10.9. The first-order valence-corrected chi connectivity index (χ1v) is 6.15. The Labute approximate surface area is 103 Å². The second-order valence-corrected chi connectivity index (χ2v) is 3.82. The average molecular weight is 235 g/mol. The molecule has 17 heavy (non-hydrogen) atoms. The number of rotatable bonds is 5. The van der Waals surface area contributed by atoms with E-state index >= 15 is 0 Å². The monoisotopic (exact) mass is 235 g/mol. The summed E-state index contributed by atoms with van der Waals surface area (Å²) in [5, 5.41) is 0. The van der Waals surface area contributed by atoms with Crippen molar-refractivity contribution in [2.75, 3.05) is 19.6 Å². The number of carbonyl (C=O) groups is 1. The molecule has 1 aromatic rings. The van der Waals surface area contributed by atoms with Crippen LogP contribution in [0.1, 0.15) is 26.3 Å². The molecule has 2 amide bonds. The largest absolute Gasteiger partial charge is 0.325 e. The van der Waals surface area contributed by atoms with Gasteiger partial charge in [-0.3, -0.25) is 4.98 Å². The summed E-state index contributed by atoms with van der Waals surface area (Å²) < 4.78 is 0. The molecule has 0 atom stereocenters. The van der Waals surface area contributed by atoms with Gasteiger partial charge in [0.05, 0.1) is 0 Å². The smallest absolute Gasteiger partial charge is 0.320 e. The number of nitrogens with zero attached hydrogens (tertiary/aromatic N) is 3. The van der Waals surface area contributed by atoms with Crippen LogP contribution in [0.15, 0.2) is 24.5 Å². The van der Waals surface area contributed by atoms with E-state index in [9.17, 15) is 4.79 Å². The molecule has 0 unspecified atom stereocenters. The molecule has 4 heteroatoms. The van der Waals surface area contributed by atoms with Gasteiger partial charge in [-0.1, -0.05) is 0 Å². The fourth-order valence-corrected chi connectivity index (χ4v) is 1.72. The molecule has 0 aromatic carbocycles. The van der Waals surface area contributed by atoms with Crippen LogP contribution < -0.4 is 0 Å². The van der Waals surface area contributed by atoms with Crippen molar-refractivity contribution in [3.63, 3.8) is 0 Å². The van der Waals surface area contributed by atoms with Gasteiger partial charge in [-0.25, -0.2) is 4.79 Å². The van der Waals surface area contributed by atoms with E-state index in [-0.39, 0.29) is 6.03 Å². The second kappa shape index (κ2) is 6.89. The van der Waals surface area contributed by atoms with Crippen molar-refractivity contribution in [2.45, 2.75) is 27.3 Å². The van der Waals surface area contributed by atoms with Crippen molar-refractivity contribution >= 4 is 6.03 Å². The van der Waals surface area contributed by atoms with E-state index in [2.05, 4.69) is 4.98 Å². The van der Waals surface area contributed by atoms with Gasteiger partial charge in [-0.05, 0) is 38.5 Å². The fraction of sp³-hybridized carbons (Fsp3) is 0.538. The van der Waals surface area contributed by atoms with Crippen molar-refractivity contribution in [1.82, 2.24) is 14.8 Å². The van der Waals surface area contributed by atoms with Crippen LogP contribution in [0.25, 0.3) is 0 Å². The maximum Gasteiger partial charge on any atom is 0.320 e. The Morgan fingerprint density at radius 1 is 1.06 bits per heavy atom.